The number of fused-ring (bicyclic) bond motifs is 12. The zero-order chi connectivity index (χ0) is 80.9. The molecule has 16 aromatic carbocycles. The van der Waals surface area contributed by atoms with Gasteiger partial charge < -0.3 is 10.2 Å². The van der Waals surface area contributed by atoms with Crippen molar-refractivity contribution in [1.29, 1.82) is 0 Å². The average Bonchev–Trinajstić information content (AvgIpc) is 1.53. The van der Waals surface area contributed by atoms with Gasteiger partial charge in [0.15, 0.2) is 0 Å². The number of halogens is 1. The maximum absolute atomic E-state index is 5.73. The summed E-state index contributed by atoms with van der Waals surface area (Å²) < 4.78 is 6.41. The maximum atomic E-state index is 5.73. The van der Waals surface area contributed by atoms with E-state index >= 15 is 0 Å². The Labute approximate surface area is 732 Å². The number of anilines is 5. The zero-order valence-electron chi connectivity index (χ0n) is 64.9. The molecule has 543 valence electrons. The van der Waals surface area contributed by atoms with E-state index in [2.05, 4.69) is 408 Å². The average molecular weight is 1600 g/mol. The first kappa shape index (κ1) is 81.7. The molecule has 0 fully saturated rings. The minimum absolute atomic E-state index is 0. The smallest absolute Gasteiger partial charge is 0.0713 e. The highest BCUT2D eigenvalue weighted by molar-refractivity contribution is 9.10. The van der Waals surface area contributed by atoms with Gasteiger partial charge in [-0.1, -0.05) is 339 Å². The molecule has 0 spiro atoms. The predicted octanol–water partition coefficient (Wildman–Crippen LogP) is 23.0. The quantitative estimate of drug-likeness (QED) is 0.0914. The van der Waals surface area contributed by atoms with Crippen LogP contribution in [0.15, 0.2) is 405 Å². The fraction of sp³-hybridized carbons (Fsp3) is 0.0303. The van der Waals surface area contributed by atoms with Crippen LogP contribution in [0.1, 0.15) is 53.4 Å². The summed E-state index contributed by atoms with van der Waals surface area (Å²) in [6.07, 6.45) is -3.77. The van der Waals surface area contributed by atoms with Crippen molar-refractivity contribution in [3.63, 3.8) is 0 Å². The molecule has 2 nitrogen and oxygen atoms in total. The van der Waals surface area contributed by atoms with E-state index in [1.165, 1.54) is 136 Å². The number of hydrogen-bond acceptors (Lipinski definition) is 4. The highest BCUT2D eigenvalue weighted by Crippen LogP contribution is 2.58. The third-order valence-electron chi connectivity index (χ3n) is 23.1. The predicted molar refractivity (Wildman–Crippen MR) is 538 cm³/mol. The lowest BCUT2D eigenvalue weighted by Crippen LogP contribution is -2.73. The van der Waals surface area contributed by atoms with Crippen molar-refractivity contribution < 1.29 is 1.43 Å². The van der Waals surface area contributed by atoms with Crippen LogP contribution in [0.2, 0.25) is 0 Å². The number of para-hydroxylation sites is 2. The summed E-state index contributed by atoms with van der Waals surface area (Å²) in [5.41, 5.74) is 25.6. The second kappa shape index (κ2) is 36.3. The largest absolute Gasteiger partial charge is 0.356 e. The molecule has 0 atom stereocenters. The summed E-state index contributed by atoms with van der Waals surface area (Å²) >= 11 is 7.27. The Kier molecular flexibility index (Phi) is 24.9. The van der Waals surface area contributed by atoms with Crippen LogP contribution in [0.5, 0.6) is 0 Å². The van der Waals surface area contributed by atoms with Crippen molar-refractivity contribution in [2.45, 2.75) is 18.3 Å². The van der Waals surface area contributed by atoms with E-state index in [1.54, 1.807) is 0 Å². The van der Waals surface area contributed by atoms with Gasteiger partial charge in [0.1, 0.15) is 0 Å². The van der Waals surface area contributed by atoms with Crippen LogP contribution in [-0.4, -0.2) is 107 Å². The van der Waals surface area contributed by atoms with Crippen molar-refractivity contribution in [2.24, 2.45) is 0 Å². The van der Waals surface area contributed by atoms with Gasteiger partial charge in [-0.25, -0.2) is 0 Å². The van der Waals surface area contributed by atoms with Crippen molar-refractivity contribution in [2.75, 3.05) is 10.2 Å². The van der Waals surface area contributed by atoms with E-state index in [0.29, 0.717) is 0 Å². The van der Waals surface area contributed by atoms with Gasteiger partial charge >= 0.3 is 0 Å². The number of nitrogens with zero attached hydrogens (tertiary/aromatic N) is 1. The van der Waals surface area contributed by atoms with E-state index in [-0.39, 0.29) is 14.3 Å². The van der Waals surface area contributed by atoms with Crippen LogP contribution in [0.25, 0.3) is 84.9 Å². The Morgan fingerprint density at radius 1 is 0.294 bits per heavy atom. The Hall–Kier alpha value is -11.0. The molecule has 2 heterocycles. The number of rotatable bonds is 17. The summed E-state index contributed by atoms with van der Waals surface area (Å²) in [5, 5.41) is 8.80. The minimum atomic E-state index is -0.754. The first-order valence-electron chi connectivity index (χ1n) is 39.7. The molecule has 2 aliphatic rings. The van der Waals surface area contributed by atoms with Gasteiger partial charge in [0.25, 0.3) is 0 Å². The standard InChI is InChI=1S/C49H33NS.C31H23N.C18H11BrS.CH4.B15.H2/c1-4-14-34(15-5-1)35-24-30-43-44-31-29-40(33-48(44)51-47(43)32-35)50(38-18-8-3-9-19-38)39-27-25-37(26-28-39)49(36-16-6-2-7-17-36)45-22-12-10-20-41(45)42-21-11-13-23-46(42)49;1-3-11-23(12-4-1)31(24-19-21-26(22-20-24)32-25-13-5-2-6-14-25)29-17-9-7-15-27(29)28-16-8-10-18-30(28)31;19-14-7-9-16-15-8-6-13(12-4-2-1-3-5-12)10-17(15)20-18(16)11-14;;1-9-13(8)15(12(6)7)14(10(2)3)11(4)5;/h1-33H;1-22,32H;1-11H;1H4;;1H/i;;;;;1+1. The lowest BCUT2D eigenvalue weighted by Gasteiger charge is -2.35. The van der Waals surface area contributed by atoms with Gasteiger partial charge in [0.2, 0.25) is 0 Å². The molecule has 20 rings (SSSR count). The Balaban J connectivity index is 0.000000138. The molecule has 0 bridgehead atoms. The molecular weight excluding hydrogens is 1520 g/mol. The van der Waals surface area contributed by atoms with Gasteiger partial charge in [0, 0.05) is 182 Å². The molecule has 18 aromatic rings. The van der Waals surface area contributed by atoms with Crippen molar-refractivity contribution in [3.8, 4) is 44.5 Å². The van der Waals surface area contributed by atoms with E-state index in [0.717, 1.165) is 32.9 Å². The number of benzene rings is 16. The first-order valence-corrected chi connectivity index (χ1v) is 42.1. The first-order chi connectivity index (χ1) is 57.8. The molecule has 119 heavy (non-hydrogen) atoms. The van der Waals surface area contributed by atoms with E-state index < -0.39 is 43.7 Å². The molecule has 20 heteroatoms. The van der Waals surface area contributed by atoms with Crippen LogP contribution in [-0.2, 0) is 10.8 Å². The van der Waals surface area contributed by atoms with Gasteiger partial charge in [0.05, 0.1) is 10.8 Å². The molecular formula is C99H73B15BrN2S2. The molecule has 2 aromatic heterocycles. The topological polar surface area (TPSA) is 15.3 Å². The Morgan fingerprint density at radius 2 is 0.605 bits per heavy atom. The Morgan fingerprint density at radius 3 is 1.02 bits per heavy atom. The number of nitrogens with one attached hydrogen (secondary N) is 1. The summed E-state index contributed by atoms with van der Waals surface area (Å²) in [5.74, 6) is 0. The highest BCUT2D eigenvalue weighted by Gasteiger charge is 2.48. The number of hydrogen-bond donors (Lipinski definition) is 1. The zero-order valence-corrected chi connectivity index (χ0v) is 68.1. The molecule has 2 aliphatic carbocycles. The molecule has 0 unspecified atom stereocenters. The van der Waals surface area contributed by atoms with Gasteiger partial charge in [-0.05, 0) is 174 Å². The van der Waals surface area contributed by atoms with E-state index in [9.17, 15) is 0 Å². The second-order valence-electron chi connectivity index (χ2n) is 30.0. The van der Waals surface area contributed by atoms with Gasteiger partial charge in [-0.2, -0.15) is 0 Å². The summed E-state index contributed by atoms with van der Waals surface area (Å²) in [7, 11) is 45.8. The summed E-state index contributed by atoms with van der Waals surface area (Å²) in [4.78, 5) is 2.38. The molecule has 0 saturated heterocycles. The lowest BCUT2D eigenvalue weighted by molar-refractivity contribution is 0.768. The lowest BCUT2D eigenvalue weighted by atomic mass is 8.46. The SMILES string of the molecule is Brc1ccc2c(c1)sc1cc(-c3ccccc3)ccc12.C.[2HH].[B][B]B([B])B(B([B])[B])B(B([B])[B])B([B])[B].c1ccc(-c2ccc3c(c2)sc2cc(N(c4ccccc4)c4ccc(C5(c6ccccc6)c6ccccc6-c6ccccc65)cc4)ccc23)cc1.c1ccc(Nc2ccc(C3(c4ccccc4)c4ccccc4-c4ccccc43)cc2)cc1. The maximum Gasteiger partial charge on any atom is 0.0713 e. The van der Waals surface area contributed by atoms with Crippen molar-refractivity contribution >= 4 is 215 Å². The van der Waals surface area contributed by atoms with Crippen LogP contribution in [0, 0.1) is 0 Å². The summed E-state index contributed by atoms with van der Waals surface area (Å²) in [6, 6.07) is 145. The van der Waals surface area contributed by atoms with Gasteiger partial charge in [-0.3, -0.25) is 0 Å². The molecule has 0 aliphatic heterocycles. The third-order valence-corrected chi connectivity index (χ3v) is 25.8. The molecule has 0 saturated carbocycles. The van der Waals surface area contributed by atoms with Crippen molar-refractivity contribution in [3.05, 3.63) is 449 Å². The van der Waals surface area contributed by atoms with Crippen LogP contribution < -0.4 is 10.2 Å². The second-order valence-corrected chi connectivity index (χ2v) is 33.1. The molecule has 0 amide bonds. The Bertz CT molecular complexity index is 6430. The molecule has 1 N–H and O–H groups in total. The van der Waals surface area contributed by atoms with Crippen LogP contribution in [0.4, 0.5) is 28.4 Å². The van der Waals surface area contributed by atoms with Crippen LogP contribution in [0.3, 0.4) is 0 Å². The van der Waals surface area contributed by atoms with Crippen molar-refractivity contribution in [1.82, 2.24) is 0 Å². The van der Waals surface area contributed by atoms with Crippen LogP contribution >= 0.6 is 38.6 Å². The fourth-order valence-corrected chi connectivity index (χ4v) is 20.6. The monoisotopic (exact) mass is 1600 g/mol. The normalized spacial score (nSPS) is 12.1. The minimum Gasteiger partial charge on any atom is -0.356 e. The highest BCUT2D eigenvalue weighted by atomic mass is 79.9. The van der Waals surface area contributed by atoms with Gasteiger partial charge in [-0.15, -0.1) is 22.7 Å². The van der Waals surface area contributed by atoms with E-state index in [4.69, 9.17) is 61.9 Å². The third kappa shape index (κ3) is 16.1. The molecule has 17 radical (unpaired) electrons. The fourth-order valence-electron chi connectivity index (χ4n) is 17.7. The van der Waals surface area contributed by atoms with E-state index in [1.807, 2.05) is 40.9 Å². The summed E-state index contributed by atoms with van der Waals surface area (Å²) in [6.45, 7) is 0. The number of thiophene rings is 2.